The quantitative estimate of drug-likeness (QED) is 0.368. The Morgan fingerprint density at radius 2 is 2.14 bits per heavy atom. The molecule has 0 bridgehead atoms. The van der Waals surface area contributed by atoms with Crippen LogP contribution in [0.15, 0.2) is 51.8 Å². The summed E-state index contributed by atoms with van der Waals surface area (Å²) in [7, 11) is 1.65. The van der Waals surface area contributed by atoms with Crippen LogP contribution in [0.2, 0.25) is 0 Å². The Morgan fingerprint density at radius 3 is 2.81 bits per heavy atom. The van der Waals surface area contributed by atoms with Gasteiger partial charge < -0.3 is 4.74 Å². The summed E-state index contributed by atoms with van der Waals surface area (Å²) in [4.78, 5) is 12.6. The van der Waals surface area contributed by atoms with Gasteiger partial charge in [0.1, 0.15) is 5.75 Å². The summed E-state index contributed by atoms with van der Waals surface area (Å²) in [5.74, 6) is 6.45. The number of carbonyl (C=O) groups excluding carboxylic acids is 1. The van der Waals surface area contributed by atoms with E-state index in [1.165, 1.54) is 0 Å². The summed E-state index contributed by atoms with van der Waals surface area (Å²) in [5.41, 5.74) is 3.75. The van der Waals surface area contributed by atoms with Crippen molar-refractivity contribution in [2.45, 2.75) is 10.6 Å². The molecular weight excluding hydrogens is 352 g/mol. The maximum Gasteiger partial charge on any atom is 0.265 e. The lowest BCUT2D eigenvalue weighted by molar-refractivity contribution is 0.0953. The van der Waals surface area contributed by atoms with Crippen molar-refractivity contribution >= 4 is 33.6 Å². The van der Waals surface area contributed by atoms with Crippen molar-refractivity contribution in [2.24, 2.45) is 5.84 Å². The molecule has 1 amide bonds. The Balaban J connectivity index is 2.07. The topological polar surface area (TPSA) is 64.3 Å². The Hall–Kier alpha value is -1.50. The highest BCUT2D eigenvalue weighted by atomic mass is 79.9. The number of halogens is 1. The van der Waals surface area contributed by atoms with E-state index in [0.717, 1.165) is 26.4 Å². The van der Waals surface area contributed by atoms with Gasteiger partial charge in [0, 0.05) is 20.7 Å². The van der Waals surface area contributed by atoms with Crippen LogP contribution in [0.4, 0.5) is 0 Å². The zero-order valence-electron chi connectivity index (χ0n) is 11.4. The molecule has 6 heteroatoms. The predicted octanol–water partition coefficient (Wildman–Crippen LogP) is 3.35. The van der Waals surface area contributed by atoms with Gasteiger partial charge >= 0.3 is 0 Å². The molecule has 21 heavy (non-hydrogen) atoms. The minimum absolute atomic E-state index is 0.303. The molecule has 2 aromatic rings. The highest BCUT2D eigenvalue weighted by Gasteiger charge is 2.07. The second-order valence-corrected chi connectivity index (χ2v) is 6.15. The van der Waals surface area contributed by atoms with Crippen molar-refractivity contribution in [3.8, 4) is 5.75 Å². The number of benzene rings is 2. The molecule has 3 N–H and O–H groups in total. The van der Waals surface area contributed by atoms with Crippen LogP contribution in [-0.4, -0.2) is 13.0 Å². The fraction of sp³-hybridized carbons (Fsp3) is 0.133. The fourth-order valence-corrected chi connectivity index (χ4v) is 3.39. The first-order valence-electron chi connectivity index (χ1n) is 6.20. The van der Waals surface area contributed by atoms with Crippen molar-refractivity contribution in [3.05, 3.63) is 58.1 Å². The molecule has 0 aliphatic carbocycles. The third-order valence-electron chi connectivity index (χ3n) is 2.88. The van der Waals surface area contributed by atoms with Gasteiger partial charge in [-0.15, -0.1) is 11.8 Å². The lowest BCUT2D eigenvalue weighted by atomic mass is 10.1. The third kappa shape index (κ3) is 4.23. The van der Waals surface area contributed by atoms with E-state index in [1.54, 1.807) is 31.0 Å². The maximum absolute atomic E-state index is 11.5. The Kier molecular flexibility index (Phi) is 5.67. The minimum atomic E-state index is -0.303. The van der Waals surface area contributed by atoms with Gasteiger partial charge in [-0.3, -0.25) is 10.2 Å². The molecule has 0 fully saturated rings. The number of thioether (sulfide) groups is 1. The lowest BCUT2D eigenvalue weighted by Gasteiger charge is -2.08. The highest BCUT2D eigenvalue weighted by molar-refractivity contribution is 9.10. The summed E-state index contributed by atoms with van der Waals surface area (Å²) in [6.45, 7) is 0. The number of carbonyl (C=O) groups is 1. The predicted molar refractivity (Wildman–Crippen MR) is 88.4 cm³/mol. The Bertz CT molecular complexity index is 649. The van der Waals surface area contributed by atoms with Crippen molar-refractivity contribution in [1.82, 2.24) is 5.43 Å². The van der Waals surface area contributed by atoms with Crippen LogP contribution in [0.25, 0.3) is 0 Å². The molecule has 4 nitrogen and oxygen atoms in total. The Labute approximate surface area is 136 Å². The van der Waals surface area contributed by atoms with Gasteiger partial charge in [-0.25, -0.2) is 5.84 Å². The minimum Gasteiger partial charge on any atom is -0.497 e. The second-order valence-electron chi connectivity index (χ2n) is 4.25. The summed E-state index contributed by atoms with van der Waals surface area (Å²) in [6.07, 6.45) is 0. The van der Waals surface area contributed by atoms with Crippen molar-refractivity contribution in [3.63, 3.8) is 0 Å². The summed E-state index contributed by atoms with van der Waals surface area (Å²) in [5, 5.41) is 0. The first-order valence-corrected chi connectivity index (χ1v) is 7.98. The molecule has 110 valence electrons. The van der Waals surface area contributed by atoms with Gasteiger partial charge in [0.15, 0.2) is 0 Å². The summed E-state index contributed by atoms with van der Waals surface area (Å²) < 4.78 is 6.09. The monoisotopic (exact) mass is 366 g/mol. The molecule has 0 spiro atoms. The SMILES string of the molecule is COc1cccc(SCc2ccc(C(=O)NN)cc2Br)c1. The average Bonchev–Trinajstić information content (AvgIpc) is 2.53. The number of nitrogen functional groups attached to an aromatic ring is 1. The van der Waals surface area contributed by atoms with Crippen LogP contribution in [0.5, 0.6) is 5.75 Å². The average molecular weight is 367 g/mol. The smallest absolute Gasteiger partial charge is 0.265 e. The van der Waals surface area contributed by atoms with E-state index in [9.17, 15) is 4.79 Å². The molecule has 0 aromatic heterocycles. The van der Waals surface area contributed by atoms with E-state index in [2.05, 4.69) is 21.4 Å². The first-order chi connectivity index (χ1) is 10.1. The zero-order chi connectivity index (χ0) is 15.2. The zero-order valence-corrected chi connectivity index (χ0v) is 13.8. The number of hydrazine groups is 1. The summed E-state index contributed by atoms with van der Waals surface area (Å²) in [6, 6.07) is 13.4. The van der Waals surface area contributed by atoms with Gasteiger partial charge in [-0.2, -0.15) is 0 Å². The molecule has 0 heterocycles. The molecule has 0 aliphatic heterocycles. The van der Waals surface area contributed by atoms with E-state index in [4.69, 9.17) is 10.6 Å². The van der Waals surface area contributed by atoms with E-state index in [0.29, 0.717) is 5.56 Å². The van der Waals surface area contributed by atoms with Crippen molar-refractivity contribution in [1.29, 1.82) is 0 Å². The number of hydrogen-bond acceptors (Lipinski definition) is 4. The molecular formula is C15H15BrN2O2S. The van der Waals surface area contributed by atoms with Gasteiger partial charge in [-0.1, -0.05) is 28.1 Å². The van der Waals surface area contributed by atoms with Gasteiger partial charge in [-0.05, 0) is 35.9 Å². The van der Waals surface area contributed by atoms with Crippen molar-refractivity contribution in [2.75, 3.05) is 7.11 Å². The van der Waals surface area contributed by atoms with E-state index < -0.39 is 0 Å². The van der Waals surface area contributed by atoms with Gasteiger partial charge in [0.2, 0.25) is 0 Å². The molecule has 0 unspecified atom stereocenters. The number of hydrogen-bond donors (Lipinski definition) is 2. The standard InChI is InChI=1S/C15H15BrN2O2S/c1-20-12-3-2-4-13(8-12)21-9-11-6-5-10(7-14(11)16)15(19)18-17/h2-8H,9,17H2,1H3,(H,18,19). The van der Waals surface area contributed by atoms with Crippen LogP contribution < -0.4 is 16.0 Å². The molecule has 0 saturated heterocycles. The highest BCUT2D eigenvalue weighted by Crippen LogP contribution is 2.29. The number of nitrogens with two attached hydrogens (primary N) is 1. The number of rotatable bonds is 5. The molecule has 2 rings (SSSR count). The Morgan fingerprint density at radius 1 is 1.33 bits per heavy atom. The van der Waals surface area contributed by atoms with E-state index in [1.807, 2.05) is 30.3 Å². The molecule has 0 aliphatic rings. The van der Waals surface area contributed by atoms with Crippen LogP contribution in [0.3, 0.4) is 0 Å². The second kappa shape index (κ2) is 7.49. The lowest BCUT2D eigenvalue weighted by Crippen LogP contribution is -2.29. The fourth-order valence-electron chi connectivity index (χ4n) is 1.74. The van der Waals surface area contributed by atoms with Crippen LogP contribution in [0.1, 0.15) is 15.9 Å². The van der Waals surface area contributed by atoms with Crippen molar-refractivity contribution < 1.29 is 9.53 Å². The largest absolute Gasteiger partial charge is 0.497 e. The molecule has 0 radical (unpaired) electrons. The number of methoxy groups -OCH3 is 1. The number of nitrogens with one attached hydrogen (secondary N) is 1. The van der Waals surface area contributed by atoms with Gasteiger partial charge in [0.05, 0.1) is 7.11 Å². The normalized spacial score (nSPS) is 10.2. The van der Waals surface area contributed by atoms with E-state index in [-0.39, 0.29) is 5.91 Å². The summed E-state index contributed by atoms with van der Waals surface area (Å²) >= 11 is 5.19. The first kappa shape index (κ1) is 15.9. The van der Waals surface area contributed by atoms with Crippen LogP contribution >= 0.6 is 27.7 Å². The third-order valence-corrected chi connectivity index (χ3v) is 4.66. The van der Waals surface area contributed by atoms with Crippen LogP contribution in [-0.2, 0) is 5.75 Å². The molecule has 2 aromatic carbocycles. The van der Waals surface area contributed by atoms with Crippen LogP contribution in [0, 0.1) is 0 Å². The van der Waals surface area contributed by atoms with E-state index >= 15 is 0 Å². The maximum atomic E-state index is 11.5. The molecule has 0 atom stereocenters. The van der Waals surface area contributed by atoms with Gasteiger partial charge in [0.25, 0.3) is 5.91 Å². The molecule has 0 saturated carbocycles. The number of ether oxygens (including phenoxy) is 1. The number of amides is 1.